The summed E-state index contributed by atoms with van der Waals surface area (Å²) in [6, 6.07) is 13.7. The van der Waals surface area contributed by atoms with Crippen LogP contribution in [0.1, 0.15) is 35.7 Å². The molecule has 2 aromatic rings. The Morgan fingerprint density at radius 2 is 2.03 bits per heavy atom. The molecule has 0 radical (unpaired) electrons. The van der Waals surface area contributed by atoms with Crippen molar-refractivity contribution < 1.29 is 22.1 Å². The van der Waals surface area contributed by atoms with E-state index in [-0.39, 0.29) is 30.1 Å². The van der Waals surface area contributed by atoms with E-state index in [1.54, 1.807) is 47.4 Å². The summed E-state index contributed by atoms with van der Waals surface area (Å²) in [5.74, 6) is -0.0851. The third-order valence-electron chi connectivity index (χ3n) is 4.69. The Morgan fingerprint density at radius 3 is 2.72 bits per heavy atom. The third kappa shape index (κ3) is 5.95. The fourth-order valence-electron chi connectivity index (χ4n) is 3.18. The second-order valence-corrected chi connectivity index (χ2v) is 9.14. The number of ether oxygens (including phenoxy) is 1. The van der Waals surface area contributed by atoms with Crippen LogP contribution >= 0.6 is 11.6 Å². The average Bonchev–Trinajstić information content (AvgIpc) is 3.20. The van der Waals surface area contributed by atoms with Gasteiger partial charge in [-0.3, -0.25) is 4.79 Å². The van der Waals surface area contributed by atoms with E-state index in [2.05, 4.69) is 0 Å². The number of hydrogen-bond donors (Lipinski definition) is 0. The van der Waals surface area contributed by atoms with Gasteiger partial charge < -0.3 is 13.8 Å². The molecule has 3 rings (SSSR count). The maximum atomic E-state index is 13.2. The highest BCUT2D eigenvalue weighted by atomic mass is 35.5. The molecule has 0 saturated carbocycles. The van der Waals surface area contributed by atoms with Crippen LogP contribution in [-0.4, -0.2) is 44.2 Å². The van der Waals surface area contributed by atoms with Crippen molar-refractivity contribution in [2.24, 2.45) is 0 Å². The molecule has 1 atom stereocenters. The first-order valence-electron chi connectivity index (χ1n) is 9.54. The molecule has 0 aromatic heterocycles. The number of nitrogens with zero attached hydrogens (tertiary/aromatic N) is 1. The number of benzene rings is 2. The first-order chi connectivity index (χ1) is 13.9. The zero-order valence-electron chi connectivity index (χ0n) is 16.2. The van der Waals surface area contributed by atoms with Gasteiger partial charge >= 0.3 is 10.1 Å². The predicted octanol–water partition coefficient (Wildman–Crippen LogP) is 3.89. The number of hydrogen-bond acceptors (Lipinski definition) is 5. The number of carbonyl (C=O) groups is 1. The minimum atomic E-state index is -3.62. The molecule has 0 bridgehead atoms. The van der Waals surface area contributed by atoms with Crippen molar-refractivity contribution in [2.45, 2.75) is 32.4 Å². The molecule has 0 aliphatic carbocycles. The van der Waals surface area contributed by atoms with E-state index in [0.717, 1.165) is 18.4 Å². The summed E-state index contributed by atoms with van der Waals surface area (Å²) in [5, 5.41) is 0.390. The molecular formula is C21H24ClNO5S. The summed E-state index contributed by atoms with van der Waals surface area (Å²) < 4.78 is 34.3. The summed E-state index contributed by atoms with van der Waals surface area (Å²) in [6.07, 6.45) is 1.84. The van der Waals surface area contributed by atoms with Crippen LogP contribution in [0.15, 0.2) is 48.5 Å². The van der Waals surface area contributed by atoms with Gasteiger partial charge in [-0.25, -0.2) is 0 Å². The van der Waals surface area contributed by atoms with E-state index >= 15 is 0 Å². The standard InChI is InChI=1S/C21H24ClNO5S/c1-2-29(25,26)28-17-8-5-7-16(13-17)14-23(15-18-9-6-12-27-18)21(24)19-10-3-4-11-20(19)22/h3-5,7-8,10-11,13,18H,2,6,9,12,14-15H2,1H3/t18-/m1/s1. The minimum absolute atomic E-state index is 0.0265. The first-order valence-corrected chi connectivity index (χ1v) is 11.5. The van der Waals surface area contributed by atoms with E-state index in [4.69, 9.17) is 20.5 Å². The molecule has 1 heterocycles. The normalized spacial score (nSPS) is 16.6. The molecule has 1 fully saturated rings. The molecule has 29 heavy (non-hydrogen) atoms. The number of carbonyl (C=O) groups excluding carboxylic acids is 1. The lowest BCUT2D eigenvalue weighted by Crippen LogP contribution is -2.37. The lowest BCUT2D eigenvalue weighted by atomic mass is 10.1. The van der Waals surface area contributed by atoms with E-state index in [9.17, 15) is 13.2 Å². The van der Waals surface area contributed by atoms with Gasteiger partial charge in [0.15, 0.2) is 0 Å². The Hall–Kier alpha value is -2.09. The van der Waals surface area contributed by atoms with Crippen molar-refractivity contribution in [3.05, 3.63) is 64.7 Å². The molecule has 0 unspecified atom stereocenters. The van der Waals surface area contributed by atoms with Crippen molar-refractivity contribution in [2.75, 3.05) is 18.9 Å². The Kier molecular flexibility index (Phi) is 7.16. The third-order valence-corrected chi connectivity index (χ3v) is 6.17. The van der Waals surface area contributed by atoms with E-state index in [1.165, 1.54) is 6.92 Å². The van der Waals surface area contributed by atoms with Gasteiger partial charge in [-0.2, -0.15) is 8.42 Å². The lowest BCUT2D eigenvalue weighted by Gasteiger charge is -2.26. The highest BCUT2D eigenvalue weighted by Gasteiger charge is 2.25. The molecule has 0 N–H and O–H groups in total. The van der Waals surface area contributed by atoms with Gasteiger partial charge in [0.25, 0.3) is 5.91 Å². The maximum Gasteiger partial charge on any atom is 0.308 e. The Balaban J connectivity index is 1.83. The van der Waals surface area contributed by atoms with Crippen LogP contribution in [0.25, 0.3) is 0 Å². The fraction of sp³-hybridized carbons (Fsp3) is 0.381. The van der Waals surface area contributed by atoms with Crippen LogP contribution in [0.5, 0.6) is 5.75 Å². The second kappa shape index (κ2) is 9.61. The van der Waals surface area contributed by atoms with Gasteiger partial charge in [0.2, 0.25) is 0 Å². The van der Waals surface area contributed by atoms with Gasteiger partial charge in [-0.15, -0.1) is 0 Å². The van der Waals surface area contributed by atoms with Crippen LogP contribution in [0.3, 0.4) is 0 Å². The van der Waals surface area contributed by atoms with Crippen molar-refractivity contribution in [3.8, 4) is 5.75 Å². The topological polar surface area (TPSA) is 72.9 Å². The van der Waals surface area contributed by atoms with E-state index < -0.39 is 10.1 Å². The zero-order chi connectivity index (χ0) is 20.9. The van der Waals surface area contributed by atoms with Crippen LogP contribution in [-0.2, 0) is 21.4 Å². The van der Waals surface area contributed by atoms with Crippen LogP contribution in [0.4, 0.5) is 0 Å². The molecule has 0 spiro atoms. The highest BCUT2D eigenvalue weighted by molar-refractivity contribution is 7.87. The van der Waals surface area contributed by atoms with Crippen LogP contribution in [0.2, 0.25) is 5.02 Å². The fourth-order valence-corrected chi connectivity index (χ4v) is 3.91. The molecule has 156 valence electrons. The highest BCUT2D eigenvalue weighted by Crippen LogP contribution is 2.23. The van der Waals surface area contributed by atoms with Crippen molar-refractivity contribution in [1.82, 2.24) is 4.90 Å². The van der Waals surface area contributed by atoms with Gasteiger partial charge in [-0.1, -0.05) is 35.9 Å². The summed E-state index contributed by atoms with van der Waals surface area (Å²) in [6.45, 7) is 2.93. The second-order valence-electron chi connectivity index (χ2n) is 6.88. The molecule has 1 saturated heterocycles. The maximum absolute atomic E-state index is 13.2. The molecule has 1 aliphatic rings. The molecule has 8 heteroatoms. The first kappa shape index (κ1) is 21.6. The van der Waals surface area contributed by atoms with Crippen molar-refractivity contribution in [1.29, 1.82) is 0 Å². The Bertz CT molecular complexity index is 957. The SMILES string of the molecule is CCS(=O)(=O)Oc1cccc(CN(C[C@H]2CCCO2)C(=O)c2ccccc2Cl)c1. The number of amides is 1. The summed E-state index contributed by atoms with van der Waals surface area (Å²) >= 11 is 6.23. The number of halogens is 1. The zero-order valence-corrected chi connectivity index (χ0v) is 17.8. The molecule has 6 nitrogen and oxygen atoms in total. The predicted molar refractivity (Wildman–Crippen MR) is 112 cm³/mol. The summed E-state index contributed by atoms with van der Waals surface area (Å²) in [7, 11) is -3.62. The smallest absolute Gasteiger partial charge is 0.308 e. The quantitative estimate of drug-likeness (QED) is 0.586. The van der Waals surface area contributed by atoms with Gasteiger partial charge in [0.05, 0.1) is 22.4 Å². The van der Waals surface area contributed by atoms with E-state index in [1.807, 2.05) is 6.07 Å². The average molecular weight is 438 g/mol. The van der Waals surface area contributed by atoms with E-state index in [0.29, 0.717) is 23.7 Å². The lowest BCUT2D eigenvalue weighted by molar-refractivity contribution is 0.0507. The Morgan fingerprint density at radius 1 is 1.24 bits per heavy atom. The van der Waals surface area contributed by atoms with Crippen LogP contribution in [0, 0.1) is 0 Å². The summed E-state index contributed by atoms with van der Waals surface area (Å²) in [4.78, 5) is 14.9. The molecule has 1 aliphatic heterocycles. The monoisotopic (exact) mass is 437 g/mol. The van der Waals surface area contributed by atoms with Crippen molar-refractivity contribution >= 4 is 27.6 Å². The molecule has 2 aromatic carbocycles. The van der Waals surface area contributed by atoms with Gasteiger partial charge in [0, 0.05) is 19.7 Å². The molecule has 1 amide bonds. The van der Waals surface area contributed by atoms with Gasteiger partial charge in [-0.05, 0) is 49.6 Å². The van der Waals surface area contributed by atoms with Crippen molar-refractivity contribution in [3.63, 3.8) is 0 Å². The van der Waals surface area contributed by atoms with Crippen LogP contribution < -0.4 is 4.18 Å². The Labute approximate surface area is 176 Å². The van der Waals surface area contributed by atoms with Gasteiger partial charge in [0.1, 0.15) is 5.75 Å². The minimum Gasteiger partial charge on any atom is -0.382 e. The number of rotatable bonds is 8. The largest absolute Gasteiger partial charge is 0.382 e. The summed E-state index contributed by atoms with van der Waals surface area (Å²) in [5.41, 5.74) is 1.18. The molecular weight excluding hydrogens is 414 g/mol.